The molecule has 1 aliphatic carbocycles. The van der Waals surface area contributed by atoms with Gasteiger partial charge in [-0.25, -0.2) is 4.39 Å². The molecule has 2 rings (SSSR count). The third-order valence-corrected chi connectivity index (χ3v) is 4.99. The molecule has 0 spiro atoms. The van der Waals surface area contributed by atoms with Crippen molar-refractivity contribution in [2.75, 3.05) is 0 Å². The molecule has 1 aliphatic rings. The van der Waals surface area contributed by atoms with Crippen LogP contribution in [0.15, 0.2) is 22.7 Å². The highest BCUT2D eigenvalue weighted by Crippen LogP contribution is 2.41. The molecule has 0 radical (unpaired) electrons. The lowest BCUT2D eigenvalue weighted by molar-refractivity contribution is -0.186. The van der Waals surface area contributed by atoms with Gasteiger partial charge >= 0.3 is 6.18 Å². The van der Waals surface area contributed by atoms with E-state index in [-0.39, 0.29) is 30.6 Å². The van der Waals surface area contributed by atoms with Gasteiger partial charge < -0.3 is 5.73 Å². The molecule has 3 unspecified atom stereocenters. The normalized spacial score (nSPS) is 24.9. The van der Waals surface area contributed by atoms with Crippen molar-refractivity contribution in [1.82, 2.24) is 0 Å². The van der Waals surface area contributed by atoms with Crippen LogP contribution in [0.3, 0.4) is 0 Å². The van der Waals surface area contributed by atoms with Gasteiger partial charge in [-0.1, -0.05) is 28.4 Å². The molecule has 2 N–H and O–H groups in total. The smallest absolute Gasteiger partial charge is 0.327 e. The lowest BCUT2D eigenvalue weighted by Gasteiger charge is -2.34. The molecule has 1 aromatic carbocycles. The van der Waals surface area contributed by atoms with Crippen molar-refractivity contribution in [1.29, 1.82) is 0 Å². The van der Waals surface area contributed by atoms with Gasteiger partial charge in [0.25, 0.3) is 0 Å². The number of benzene rings is 1. The van der Waals surface area contributed by atoms with Crippen LogP contribution < -0.4 is 5.73 Å². The van der Waals surface area contributed by atoms with Gasteiger partial charge in [-0.2, -0.15) is 13.2 Å². The van der Waals surface area contributed by atoms with Crippen molar-refractivity contribution < 1.29 is 17.6 Å². The molecule has 1 saturated carbocycles. The van der Waals surface area contributed by atoms with E-state index in [1.54, 1.807) is 6.07 Å². The Morgan fingerprint density at radius 3 is 2.62 bits per heavy atom. The summed E-state index contributed by atoms with van der Waals surface area (Å²) in [6.07, 6.45) is -2.08. The van der Waals surface area contributed by atoms with Crippen molar-refractivity contribution in [3.8, 4) is 0 Å². The molecule has 1 fully saturated rings. The van der Waals surface area contributed by atoms with Crippen molar-refractivity contribution in [2.45, 2.75) is 44.3 Å². The first-order chi connectivity index (χ1) is 9.77. The molecule has 118 valence electrons. The zero-order valence-electron chi connectivity index (χ0n) is 11.5. The Morgan fingerprint density at radius 1 is 1.29 bits per heavy atom. The Morgan fingerprint density at radius 2 is 2.00 bits per heavy atom. The Hall–Kier alpha value is -0.620. The predicted molar refractivity (Wildman–Crippen MR) is 77.3 cm³/mol. The van der Waals surface area contributed by atoms with Crippen LogP contribution in [0, 0.1) is 17.7 Å². The molecule has 0 aliphatic heterocycles. The molecule has 0 amide bonds. The van der Waals surface area contributed by atoms with Gasteiger partial charge in [0.15, 0.2) is 0 Å². The molecular weight excluding hydrogens is 350 g/mol. The van der Waals surface area contributed by atoms with E-state index in [1.165, 1.54) is 12.1 Å². The van der Waals surface area contributed by atoms with Gasteiger partial charge in [0, 0.05) is 10.5 Å². The van der Waals surface area contributed by atoms with Crippen LogP contribution in [-0.2, 0) is 6.42 Å². The molecule has 6 heteroatoms. The minimum absolute atomic E-state index is 0.101. The Balaban J connectivity index is 2.01. The number of alkyl halides is 3. The van der Waals surface area contributed by atoms with Crippen LogP contribution in [0.1, 0.15) is 31.2 Å². The third kappa shape index (κ3) is 4.42. The molecule has 21 heavy (non-hydrogen) atoms. The second-order valence-electron chi connectivity index (χ2n) is 5.77. The first kappa shape index (κ1) is 16.7. The average molecular weight is 368 g/mol. The highest BCUT2D eigenvalue weighted by molar-refractivity contribution is 9.10. The lowest BCUT2D eigenvalue weighted by atomic mass is 9.76. The van der Waals surface area contributed by atoms with E-state index in [1.807, 2.05) is 0 Å². The number of halogens is 5. The van der Waals surface area contributed by atoms with Crippen LogP contribution in [0.2, 0.25) is 0 Å². The fourth-order valence-electron chi connectivity index (χ4n) is 3.02. The third-order valence-electron chi connectivity index (χ3n) is 4.25. The second kappa shape index (κ2) is 6.65. The zero-order chi connectivity index (χ0) is 15.6. The summed E-state index contributed by atoms with van der Waals surface area (Å²) in [5, 5.41) is 0. The summed E-state index contributed by atoms with van der Waals surface area (Å²) < 4.78 is 52.1. The van der Waals surface area contributed by atoms with Crippen molar-refractivity contribution in [3.63, 3.8) is 0 Å². The number of hydrogen-bond donors (Lipinski definition) is 1. The maximum absolute atomic E-state index is 13.0. The first-order valence-electron chi connectivity index (χ1n) is 7.03. The van der Waals surface area contributed by atoms with Gasteiger partial charge in [0.05, 0.1) is 5.92 Å². The van der Waals surface area contributed by atoms with E-state index in [2.05, 4.69) is 15.9 Å². The monoisotopic (exact) mass is 367 g/mol. The van der Waals surface area contributed by atoms with Crippen LogP contribution in [-0.4, -0.2) is 12.2 Å². The molecule has 0 bridgehead atoms. The quantitative estimate of drug-likeness (QED) is 0.761. The zero-order valence-corrected chi connectivity index (χ0v) is 13.1. The maximum Gasteiger partial charge on any atom is 0.391 e. The largest absolute Gasteiger partial charge is 0.391 e. The molecule has 1 aromatic rings. The fourth-order valence-corrected chi connectivity index (χ4v) is 3.53. The SMILES string of the molecule is NC(Cc1ccc(F)cc1Br)C1CCCC(C(F)(F)F)C1. The fraction of sp³-hybridized carbons (Fsp3) is 0.600. The second-order valence-corrected chi connectivity index (χ2v) is 6.62. The van der Waals surface area contributed by atoms with Gasteiger partial charge in [0.1, 0.15) is 5.82 Å². The van der Waals surface area contributed by atoms with Crippen molar-refractivity contribution >= 4 is 15.9 Å². The van der Waals surface area contributed by atoms with E-state index in [9.17, 15) is 17.6 Å². The topological polar surface area (TPSA) is 26.0 Å². The van der Waals surface area contributed by atoms with Crippen LogP contribution in [0.5, 0.6) is 0 Å². The van der Waals surface area contributed by atoms with E-state index in [0.717, 1.165) is 12.0 Å². The standard InChI is InChI=1S/C15H18BrF4N/c16-13-8-12(17)5-4-9(13)7-14(21)10-2-1-3-11(6-10)15(18,19)20/h4-5,8,10-11,14H,1-3,6-7,21H2. The summed E-state index contributed by atoms with van der Waals surface area (Å²) in [4.78, 5) is 0. The minimum Gasteiger partial charge on any atom is -0.327 e. The summed E-state index contributed by atoms with van der Waals surface area (Å²) in [5.41, 5.74) is 6.94. The molecular formula is C15H18BrF4N. The lowest BCUT2D eigenvalue weighted by Crippen LogP contribution is -2.38. The van der Waals surface area contributed by atoms with Crippen LogP contribution in [0.25, 0.3) is 0 Å². The number of hydrogen-bond acceptors (Lipinski definition) is 1. The van der Waals surface area contributed by atoms with Gasteiger partial charge in [0.2, 0.25) is 0 Å². The number of rotatable bonds is 3. The van der Waals surface area contributed by atoms with E-state index < -0.39 is 12.1 Å². The molecule has 3 atom stereocenters. The maximum atomic E-state index is 13.0. The average Bonchev–Trinajstić information content (AvgIpc) is 2.41. The van der Waals surface area contributed by atoms with Gasteiger partial charge in [-0.05, 0) is 49.3 Å². The molecule has 1 nitrogen and oxygen atoms in total. The Bertz CT molecular complexity index is 489. The summed E-state index contributed by atoms with van der Waals surface area (Å²) in [6, 6.07) is 3.98. The van der Waals surface area contributed by atoms with Crippen molar-refractivity contribution in [3.05, 3.63) is 34.1 Å². The highest BCUT2D eigenvalue weighted by Gasteiger charge is 2.43. The predicted octanol–water partition coefficient (Wildman–Crippen LogP) is 4.83. The highest BCUT2D eigenvalue weighted by atomic mass is 79.9. The van der Waals surface area contributed by atoms with E-state index >= 15 is 0 Å². The summed E-state index contributed by atoms with van der Waals surface area (Å²) in [7, 11) is 0. The van der Waals surface area contributed by atoms with Gasteiger partial charge in [-0.3, -0.25) is 0 Å². The molecule has 0 saturated heterocycles. The first-order valence-corrected chi connectivity index (χ1v) is 7.83. The Labute approximate surface area is 130 Å². The van der Waals surface area contributed by atoms with Crippen molar-refractivity contribution in [2.24, 2.45) is 17.6 Å². The summed E-state index contributed by atoms with van der Waals surface area (Å²) in [5.74, 6) is -1.73. The van der Waals surface area contributed by atoms with E-state index in [0.29, 0.717) is 17.3 Å². The molecule has 0 aromatic heterocycles. The van der Waals surface area contributed by atoms with Crippen LogP contribution in [0.4, 0.5) is 17.6 Å². The van der Waals surface area contributed by atoms with Gasteiger partial charge in [-0.15, -0.1) is 0 Å². The summed E-state index contributed by atoms with van der Waals surface area (Å²) >= 11 is 3.27. The Kier molecular flexibility index (Phi) is 5.30. The summed E-state index contributed by atoms with van der Waals surface area (Å²) in [6.45, 7) is 0. The minimum atomic E-state index is -4.13. The van der Waals surface area contributed by atoms with E-state index in [4.69, 9.17) is 5.73 Å². The number of nitrogens with two attached hydrogens (primary N) is 1. The molecule has 0 heterocycles. The van der Waals surface area contributed by atoms with Crippen LogP contribution >= 0.6 is 15.9 Å².